The van der Waals surface area contributed by atoms with Crippen molar-refractivity contribution in [2.24, 2.45) is 0 Å². The largest absolute Gasteiger partial charge is 0.385 e. The van der Waals surface area contributed by atoms with Crippen LogP contribution in [0.25, 0.3) is 0 Å². The molecule has 3 N–H and O–H groups in total. The molecule has 0 aliphatic heterocycles. The van der Waals surface area contributed by atoms with E-state index in [1.165, 1.54) is 0 Å². The second kappa shape index (κ2) is 6.95. The Morgan fingerprint density at radius 2 is 2.25 bits per heavy atom. The summed E-state index contributed by atoms with van der Waals surface area (Å²) >= 11 is 0. The molecule has 16 heavy (non-hydrogen) atoms. The zero-order valence-corrected chi connectivity index (χ0v) is 9.37. The van der Waals surface area contributed by atoms with E-state index in [0.717, 1.165) is 32.1 Å². The highest BCUT2D eigenvalue weighted by atomic mass is 19.1. The number of nitrogens with zero attached hydrogens (tertiary/aromatic N) is 2. The molecule has 0 bridgehead atoms. The highest BCUT2D eigenvalue weighted by Gasteiger charge is 2.03. The van der Waals surface area contributed by atoms with Crippen molar-refractivity contribution in [2.45, 2.75) is 19.3 Å². The monoisotopic (exact) mass is 228 g/mol. The Balaban J connectivity index is 2.23. The summed E-state index contributed by atoms with van der Waals surface area (Å²) in [5.74, 6) is -0.242. The summed E-state index contributed by atoms with van der Waals surface area (Å²) in [6.45, 7) is 1.42. The number of rotatable bonds is 7. The van der Waals surface area contributed by atoms with E-state index in [4.69, 9.17) is 10.5 Å². The summed E-state index contributed by atoms with van der Waals surface area (Å²) in [5, 5.41) is 2.88. The van der Waals surface area contributed by atoms with E-state index in [1.54, 1.807) is 7.11 Å². The predicted molar refractivity (Wildman–Crippen MR) is 60.6 cm³/mol. The van der Waals surface area contributed by atoms with Gasteiger partial charge >= 0.3 is 0 Å². The first kappa shape index (κ1) is 12.6. The molecular formula is C10H17FN4O. The molecule has 1 heterocycles. The average molecular weight is 228 g/mol. The fourth-order valence-electron chi connectivity index (χ4n) is 1.26. The molecule has 0 atom stereocenters. The lowest BCUT2D eigenvalue weighted by atomic mass is 10.2. The van der Waals surface area contributed by atoms with Gasteiger partial charge in [0.2, 0.25) is 5.95 Å². The van der Waals surface area contributed by atoms with E-state index < -0.39 is 5.82 Å². The number of anilines is 2. The van der Waals surface area contributed by atoms with E-state index in [1.807, 2.05) is 0 Å². The summed E-state index contributed by atoms with van der Waals surface area (Å²) in [5.41, 5.74) is 5.35. The molecule has 6 heteroatoms. The Morgan fingerprint density at radius 1 is 1.44 bits per heavy atom. The molecule has 1 rings (SSSR count). The van der Waals surface area contributed by atoms with Gasteiger partial charge in [0.1, 0.15) is 0 Å². The van der Waals surface area contributed by atoms with E-state index in [-0.39, 0.29) is 11.8 Å². The molecule has 0 aliphatic rings. The molecular weight excluding hydrogens is 211 g/mol. The van der Waals surface area contributed by atoms with E-state index >= 15 is 0 Å². The molecule has 0 saturated carbocycles. The standard InChI is InChI=1S/C10H17FN4O/c1-16-6-4-2-3-5-13-9-8(11)7-14-10(12)15-9/h7H,2-6H2,1H3,(H3,12,13,14,15). The zero-order chi connectivity index (χ0) is 11.8. The van der Waals surface area contributed by atoms with Gasteiger partial charge in [0.05, 0.1) is 6.20 Å². The Bertz CT molecular complexity index is 322. The van der Waals surface area contributed by atoms with Gasteiger partial charge in [-0.1, -0.05) is 0 Å². The smallest absolute Gasteiger partial charge is 0.222 e. The second-order valence-corrected chi connectivity index (χ2v) is 3.40. The topological polar surface area (TPSA) is 73.1 Å². The van der Waals surface area contributed by atoms with E-state index in [9.17, 15) is 4.39 Å². The molecule has 1 aromatic rings. The number of nitrogens with one attached hydrogen (secondary N) is 1. The number of aromatic nitrogens is 2. The van der Waals surface area contributed by atoms with Gasteiger partial charge in [0.15, 0.2) is 11.6 Å². The zero-order valence-electron chi connectivity index (χ0n) is 9.37. The highest BCUT2D eigenvalue weighted by molar-refractivity contribution is 5.38. The minimum atomic E-state index is -0.480. The van der Waals surface area contributed by atoms with Crippen molar-refractivity contribution in [1.29, 1.82) is 0 Å². The van der Waals surface area contributed by atoms with Gasteiger partial charge in [-0.05, 0) is 19.3 Å². The van der Waals surface area contributed by atoms with Crippen LogP contribution < -0.4 is 11.1 Å². The fraction of sp³-hybridized carbons (Fsp3) is 0.600. The molecule has 5 nitrogen and oxygen atoms in total. The lowest BCUT2D eigenvalue weighted by Crippen LogP contribution is -2.08. The summed E-state index contributed by atoms with van der Waals surface area (Å²) in [6.07, 6.45) is 4.04. The third-order valence-electron chi connectivity index (χ3n) is 2.08. The molecule has 0 aromatic carbocycles. The van der Waals surface area contributed by atoms with Crippen LogP contribution in [0.1, 0.15) is 19.3 Å². The quantitative estimate of drug-likeness (QED) is 0.690. The summed E-state index contributed by atoms with van der Waals surface area (Å²) in [4.78, 5) is 7.31. The Labute approximate surface area is 94.2 Å². The lowest BCUT2D eigenvalue weighted by Gasteiger charge is -2.06. The summed E-state index contributed by atoms with van der Waals surface area (Å²) in [7, 11) is 1.68. The number of hydrogen-bond donors (Lipinski definition) is 2. The molecule has 0 unspecified atom stereocenters. The normalized spacial score (nSPS) is 10.4. The molecule has 0 radical (unpaired) electrons. The number of unbranched alkanes of at least 4 members (excludes halogenated alkanes) is 2. The van der Waals surface area contributed by atoms with Gasteiger partial charge in [-0.3, -0.25) is 0 Å². The van der Waals surface area contributed by atoms with Gasteiger partial charge in [0, 0.05) is 20.3 Å². The minimum Gasteiger partial charge on any atom is -0.385 e. The number of methoxy groups -OCH3 is 1. The molecule has 0 saturated heterocycles. The lowest BCUT2D eigenvalue weighted by molar-refractivity contribution is 0.192. The number of nitrogens with two attached hydrogens (primary N) is 1. The summed E-state index contributed by atoms with van der Waals surface area (Å²) in [6, 6.07) is 0. The van der Waals surface area contributed by atoms with Crippen molar-refractivity contribution in [3.8, 4) is 0 Å². The number of hydrogen-bond acceptors (Lipinski definition) is 5. The average Bonchev–Trinajstić information content (AvgIpc) is 2.28. The SMILES string of the molecule is COCCCCCNc1nc(N)ncc1F. The van der Waals surface area contributed by atoms with Gasteiger partial charge in [0.25, 0.3) is 0 Å². The van der Waals surface area contributed by atoms with Crippen LogP contribution >= 0.6 is 0 Å². The van der Waals surface area contributed by atoms with Crippen molar-refractivity contribution < 1.29 is 9.13 Å². The van der Waals surface area contributed by atoms with Crippen molar-refractivity contribution in [1.82, 2.24) is 9.97 Å². The van der Waals surface area contributed by atoms with Gasteiger partial charge in [-0.15, -0.1) is 0 Å². The molecule has 90 valence electrons. The maximum absolute atomic E-state index is 13.1. The van der Waals surface area contributed by atoms with Crippen molar-refractivity contribution in [3.05, 3.63) is 12.0 Å². The minimum absolute atomic E-state index is 0.0725. The van der Waals surface area contributed by atoms with Gasteiger partial charge in [-0.2, -0.15) is 4.98 Å². The Morgan fingerprint density at radius 3 is 3.00 bits per heavy atom. The first-order valence-electron chi connectivity index (χ1n) is 5.25. The molecule has 1 aromatic heterocycles. The van der Waals surface area contributed by atoms with Crippen LogP contribution in [-0.2, 0) is 4.74 Å². The second-order valence-electron chi connectivity index (χ2n) is 3.40. The van der Waals surface area contributed by atoms with Crippen LogP contribution in [-0.4, -0.2) is 30.2 Å². The van der Waals surface area contributed by atoms with Gasteiger partial charge < -0.3 is 15.8 Å². The van der Waals surface area contributed by atoms with Crippen molar-refractivity contribution in [3.63, 3.8) is 0 Å². The summed E-state index contributed by atoms with van der Waals surface area (Å²) < 4.78 is 18.1. The van der Waals surface area contributed by atoms with Crippen LogP contribution in [0.5, 0.6) is 0 Å². The Kier molecular flexibility index (Phi) is 5.49. The van der Waals surface area contributed by atoms with Crippen molar-refractivity contribution in [2.75, 3.05) is 31.3 Å². The van der Waals surface area contributed by atoms with Crippen LogP contribution in [0.15, 0.2) is 6.20 Å². The number of nitrogen functional groups attached to an aromatic ring is 1. The van der Waals surface area contributed by atoms with Crippen LogP contribution in [0, 0.1) is 5.82 Å². The predicted octanol–water partition coefficient (Wildman–Crippen LogP) is 1.43. The Hall–Kier alpha value is -1.43. The molecule has 0 fully saturated rings. The third kappa shape index (κ3) is 4.39. The first-order valence-corrected chi connectivity index (χ1v) is 5.25. The van der Waals surface area contributed by atoms with Crippen LogP contribution in [0.3, 0.4) is 0 Å². The first-order chi connectivity index (χ1) is 7.74. The third-order valence-corrected chi connectivity index (χ3v) is 2.08. The number of halogens is 1. The van der Waals surface area contributed by atoms with Crippen molar-refractivity contribution >= 4 is 11.8 Å². The highest BCUT2D eigenvalue weighted by Crippen LogP contribution is 2.10. The fourth-order valence-corrected chi connectivity index (χ4v) is 1.26. The molecule has 0 amide bonds. The van der Waals surface area contributed by atoms with E-state index in [0.29, 0.717) is 6.54 Å². The molecule has 0 spiro atoms. The van der Waals surface area contributed by atoms with Crippen LogP contribution in [0.4, 0.5) is 16.2 Å². The molecule has 0 aliphatic carbocycles. The van der Waals surface area contributed by atoms with E-state index in [2.05, 4.69) is 15.3 Å². The van der Waals surface area contributed by atoms with Crippen LogP contribution in [0.2, 0.25) is 0 Å². The maximum atomic E-state index is 13.1. The van der Waals surface area contributed by atoms with Gasteiger partial charge in [-0.25, -0.2) is 9.37 Å². The maximum Gasteiger partial charge on any atom is 0.222 e. The number of ether oxygens (including phenoxy) is 1.